The van der Waals surface area contributed by atoms with Gasteiger partial charge in [0.05, 0.1) is 40.8 Å². The summed E-state index contributed by atoms with van der Waals surface area (Å²) in [5.41, 5.74) is -0.833. The van der Waals surface area contributed by atoms with Gasteiger partial charge in [0, 0.05) is 20.1 Å². The van der Waals surface area contributed by atoms with Crippen molar-refractivity contribution in [3.8, 4) is 0 Å². The summed E-state index contributed by atoms with van der Waals surface area (Å²) >= 11 is 6.66. The van der Waals surface area contributed by atoms with E-state index in [0.717, 1.165) is 5.56 Å². The molecule has 3 amide bonds. The number of aliphatic hydroxyl groups is 1. The highest BCUT2D eigenvalue weighted by Gasteiger charge is 2.80. The Balaban J connectivity index is 1.93. The minimum Gasteiger partial charge on any atom is -0.394 e. The third kappa shape index (κ3) is 4.82. The molecule has 3 heterocycles. The maximum absolute atomic E-state index is 14.9. The van der Waals surface area contributed by atoms with E-state index in [1.807, 2.05) is 46.8 Å². The van der Waals surface area contributed by atoms with Crippen LogP contribution in [0.4, 0.5) is 5.69 Å². The van der Waals surface area contributed by atoms with Gasteiger partial charge in [0.15, 0.2) is 0 Å². The summed E-state index contributed by atoms with van der Waals surface area (Å²) in [6.45, 7) is 17.6. The summed E-state index contributed by atoms with van der Waals surface area (Å²) in [4.78, 5) is 48.1. The number of ether oxygens (including phenoxy) is 1. The van der Waals surface area contributed by atoms with Crippen LogP contribution in [-0.4, -0.2) is 82.7 Å². The van der Waals surface area contributed by atoms with E-state index in [2.05, 4.69) is 13.2 Å². The van der Waals surface area contributed by atoms with Crippen LogP contribution < -0.4 is 4.90 Å². The number of amides is 3. The number of hydrogen-bond donors (Lipinski definition) is 1. The van der Waals surface area contributed by atoms with Gasteiger partial charge in [-0.25, -0.2) is 0 Å². The molecule has 9 heteroatoms. The van der Waals surface area contributed by atoms with Gasteiger partial charge in [-0.1, -0.05) is 56.7 Å². The summed E-state index contributed by atoms with van der Waals surface area (Å²) in [5, 5.41) is 11.0. The minimum absolute atomic E-state index is 0.0968. The molecule has 0 aromatic heterocycles. The van der Waals surface area contributed by atoms with Crippen molar-refractivity contribution in [3.63, 3.8) is 0 Å². The van der Waals surface area contributed by atoms with Gasteiger partial charge in [-0.3, -0.25) is 14.4 Å². The van der Waals surface area contributed by atoms with Crippen LogP contribution in [0.2, 0.25) is 5.02 Å². The number of benzene rings is 1. The van der Waals surface area contributed by atoms with Crippen LogP contribution in [0, 0.1) is 30.6 Å². The smallest absolute Gasteiger partial charge is 0.253 e. The molecule has 41 heavy (non-hydrogen) atoms. The zero-order valence-electron chi connectivity index (χ0n) is 25.1. The highest BCUT2D eigenvalue weighted by atomic mass is 35.5. The summed E-state index contributed by atoms with van der Waals surface area (Å²) < 4.78 is 6.88. The Hall–Kier alpha value is -2.68. The molecule has 3 aliphatic rings. The number of hydrogen-bond acceptors (Lipinski definition) is 5. The first-order chi connectivity index (χ1) is 19.3. The largest absolute Gasteiger partial charge is 0.394 e. The van der Waals surface area contributed by atoms with Gasteiger partial charge in [-0.15, -0.1) is 13.2 Å². The second kappa shape index (κ2) is 11.5. The molecule has 224 valence electrons. The second-order valence-electron chi connectivity index (χ2n) is 12.6. The van der Waals surface area contributed by atoms with Crippen LogP contribution in [0.25, 0.3) is 0 Å². The molecular formula is C32H44ClN3O5. The van der Waals surface area contributed by atoms with Crippen molar-refractivity contribution < 1.29 is 24.2 Å². The third-order valence-corrected chi connectivity index (χ3v) is 9.72. The zero-order valence-corrected chi connectivity index (χ0v) is 25.9. The van der Waals surface area contributed by atoms with Crippen LogP contribution in [0.1, 0.15) is 46.1 Å². The molecule has 2 bridgehead atoms. The molecule has 3 saturated heterocycles. The molecule has 0 aliphatic carbocycles. The lowest BCUT2D eigenvalue weighted by molar-refractivity contribution is -0.153. The minimum atomic E-state index is -1.24. The first-order valence-corrected chi connectivity index (χ1v) is 14.8. The van der Waals surface area contributed by atoms with Crippen molar-refractivity contribution in [2.45, 2.75) is 70.7 Å². The maximum atomic E-state index is 14.9. The molecule has 1 aromatic rings. The number of carbonyl (C=O) groups excluding carboxylic acids is 3. The molecule has 1 N–H and O–H groups in total. The molecule has 3 aliphatic heterocycles. The van der Waals surface area contributed by atoms with Gasteiger partial charge in [0.2, 0.25) is 11.8 Å². The van der Waals surface area contributed by atoms with Crippen molar-refractivity contribution in [2.24, 2.45) is 23.7 Å². The summed E-state index contributed by atoms with van der Waals surface area (Å²) in [6.07, 6.45) is 4.20. The summed E-state index contributed by atoms with van der Waals surface area (Å²) in [6, 6.07) is 3.75. The number of aryl methyl sites for hydroxylation is 1. The maximum Gasteiger partial charge on any atom is 0.253 e. The van der Waals surface area contributed by atoms with Crippen molar-refractivity contribution in [3.05, 3.63) is 54.1 Å². The number of para-hydroxylation sites is 1. The van der Waals surface area contributed by atoms with E-state index in [1.165, 1.54) is 0 Å². The standard InChI is InChI=1S/C32H44ClN3O5/c1-9-14-34(8)28(38)24-25-29(39)36(22(18-37)16-19(3)4)27(32(25)17-21(6)31(24,7)41-32)30(40)35(15-10-2)26-20(5)12-11-13-23(26)33/h9-13,19,21-22,24-25,27,37H,1-2,14-18H2,3-8H3/t21?,22-,24+,25+,27?,31-,32?/m1/s1. The fourth-order valence-electron chi connectivity index (χ4n) is 7.60. The lowest BCUT2D eigenvalue weighted by Gasteiger charge is -2.40. The van der Waals surface area contributed by atoms with Gasteiger partial charge < -0.3 is 24.5 Å². The third-order valence-electron chi connectivity index (χ3n) is 9.42. The molecule has 1 spiro atoms. The van der Waals surface area contributed by atoms with Crippen molar-refractivity contribution >= 4 is 35.0 Å². The van der Waals surface area contributed by atoms with Gasteiger partial charge in [0.25, 0.3) is 5.91 Å². The molecule has 8 nitrogen and oxygen atoms in total. The molecule has 3 unspecified atom stereocenters. The molecule has 1 aromatic carbocycles. The van der Waals surface area contributed by atoms with E-state index in [4.69, 9.17) is 16.3 Å². The SMILES string of the molecule is C=CCN(C)C(=O)[C@@H]1[C@H]2C(=O)N([C@@H](CO)CC(C)C)C(C(=O)N(CC=C)c3c(C)cccc3Cl)C23CC(C)[C@@]1(C)O3. The highest BCUT2D eigenvalue weighted by molar-refractivity contribution is 6.34. The monoisotopic (exact) mass is 585 g/mol. The van der Waals surface area contributed by atoms with Crippen molar-refractivity contribution in [1.29, 1.82) is 0 Å². The Morgan fingerprint density at radius 3 is 2.46 bits per heavy atom. The lowest BCUT2D eigenvalue weighted by Crippen LogP contribution is -2.59. The lowest BCUT2D eigenvalue weighted by atomic mass is 9.62. The number of halogens is 1. The van der Waals surface area contributed by atoms with Gasteiger partial charge in [0.1, 0.15) is 11.6 Å². The number of rotatable bonds is 11. The van der Waals surface area contributed by atoms with E-state index in [9.17, 15) is 19.5 Å². The van der Waals surface area contributed by atoms with Crippen LogP contribution in [0.5, 0.6) is 0 Å². The van der Waals surface area contributed by atoms with Crippen molar-refractivity contribution in [1.82, 2.24) is 9.80 Å². The van der Waals surface area contributed by atoms with Crippen LogP contribution in [0.3, 0.4) is 0 Å². The number of aliphatic hydroxyl groups excluding tert-OH is 1. The Labute approximate surface area is 248 Å². The Morgan fingerprint density at radius 1 is 1.24 bits per heavy atom. The fraction of sp³-hybridized carbons (Fsp3) is 0.594. The topological polar surface area (TPSA) is 90.4 Å². The number of likely N-dealkylation sites (N-methyl/N-ethyl adjacent to an activating group) is 1. The normalized spacial score (nSPS) is 30.9. The summed E-state index contributed by atoms with van der Waals surface area (Å²) in [7, 11) is 1.69. The first-order valence-electron chi connectivity index (χ1n) is 14.5. The predicted molar refractivity (Wildman–Crippen MR) is 161 cm³/mol. The predicted octanol–water partition coefficient (Wildman–Crippen LogP) is 4.23. The number of carbonyl (C=O) groups is 3. The molecule has 3 fully saturated rings. The van der Waals surface area contributed by atoms with E-state index in [-0.39, 0.29) is 42.7 Å². The average Bonchev–Trinajstić information content (AvgIpc) is 3.42. The number of anilines is 1. The Bertz CT molecular complexity index is 1220. The van der Waals surface area contributed by atoms with E-state index in [1.54, 1.807) is 40.0 Å². The quantitative estimate of drug-likeness (QED) is 0.393. The zero-order chi connectivity index (χ0) is 30.4. The molecule has 7 atom stereocenters. The van der Waals surface area contributed by atoms with E-state index < -0.39 is 35.1 Å². The van der Waals surface area contributed by atoms with Gasteiger partial charge in [-0.2, -0.15) is 0 Å². The molecule has 4 rings (SSSR count). The van der Waals surface area contributed by atoms with E-state index >= 15 is 0 Å². The number of nitrogens with zero attached hydrogens (tertiary/aromatic N) is 3. The van der Waals surface area contributed by atoms with Crippen molar-refractivity contribution in [2.75, 3.05) is 31.6 Å². The van der Waals surface area contributed by atoms with E-state index in [0.29, 0.717) is 30.1 Å². The Kier molecular flexibility index (Phi) is 8.80. The van der Waals surface area contributed by atoms with Crippen LogP contribution in [0.15, 0.2) is 43.5 Å². The van der Waals surface area contributed by atoms with Crippen LogP contribution in [-0.2, 0) is 19.1 Å². The van der Waals surface area contributed by atoms with Gasteiger partial charge >= 0.3 is 0 Å². The molecule has 0 radical (unpaired) electrons. The molecular weight excluding hydrogens is 542 g/mol. The number of fused-ring (bicyclic) bond motifs is 1. The Morgan fingerprint density at radius 2 is 1.90 bits per heavy atom. The fourth-order valence-corrected chi connectivity index (χ4v) is 7.92. The van der Waals surface area contributed by atoms with Crippen LogP contribution >= 0.6 is 11.6 Å². The highest BCUT2D eigenvalue weighted by Crippen LogP contribution is 2.66. The molecule has 0 saturated carbocycles. The first kappa shape index (κ1) is 31.3. The average molecular weight is 586 g/mol. The van der Waals surface area contributed by atoms with Gasteiger partial charge in [-0.05, 0) is 50.2 Å². The second-order valence-corrected chi connectivity index (χ2v) is 13.0. The summed E-state index contributed by atoms with van der Waals surface area (Å²) in [5.74, 6) is -2.48. The number of likely N-dealkylation sites (tertiary alicyclic amines) is 1.